The molecule has 0 aromatic heterocycles. The van der Waals surface area contributed by atoms with E-state index in [1.54, 1.807) is 13.0 Å². The molecule has 36 heavy (non-hydrogen) atoms. The van der Waals surface area contributed by atoms with Gasteiger partial charge in [-0.25, -0.2) is 4.39 Å². The van der Waals surface area contributed by atoms with Gasteiger partial charge in [-0.2, -0.15) is 0 Å². The second kappa shape index (κ2) is 7.23. The van der Waals surface area contributed by atoms with Crippen LogP contribution in [0.3, 0.4) is 0 Å². The van der Waals surface area contributed by atoms with Gasteiger partial charge in [0.15, 0.2) is 17.6 Å². The molecule has 2 aromatic carbocycles. The number of aliphatic hydroxyl groups excluding tert-OH is 1. The van der Waals surface area contributed by atoms with Crippen molar-refractivity contribution in [3.8, 4) is 11.5 Å². The number of aryl methyl sites for hydroxylation is 1. The zero-order valence-corrected chi connectivity index (χ0v) is 20.1. The minimum absolute atomic E-state index is 0.0283. The minimum atomic E-state index is -1.37. The number of anilines is 1. The summed E-state index contributed by atoms with van der Waals surface area (Å²) in [6, 6.07) is 7.34. The first-order valence-corrected chi connectivity index (χ1v) is 12.7. The lowest BCUT2D eigenvalue weighted by molar-refractivity contribution is -0.172. The lowest BCUT2D eigenvalue weighted by Crippen LogP contribution is -2.75. The van der Waals surface area contributed by atoms with Crippen LogP contribution in [0, 0.1) is 18.7 Å². The number of likely N-dealkylation sites (tertiary alicyclic amines) is 1. The first-order chi connectivity index (χ1) is 17.2. The van der Waals surface area contributed by atoms with E-state index in [1.165, 1.54) is 31.0 Å². The molecule has 2 aromatic rings. The van der Waals surface area contributed by atoms with Gasteiger partial charge < -0.3 is 25.4 Å². The number of benzene rings is 2. The molecular weight excluding hydrogens is 463 g/mol. The summed E-state index contributed by atoms with van der Waals surface area (Å²) in [7, 11) is 0. The third kappa shape index (κ3) is 2.77. The molecule has 4 N–H and O–H groups in total. The lowest BCUT2D eigenvalue weighted by atomic mass is 9.49. The van der Waals surface area contributed by atoms with Crippen molar-refractivity contribution in [2.24, 2.45) is 5.92 Å². The quantitative estimate of drug-likeness (QED) is 0.522. The number of halogens is 1. The van der Waals surface area contributed by atoms with Crippen LogP contribution >= 0.6 is 0 Å². The van der Waals surface area contributed by atoms with Gasteiger partial charge in [-0.15, -0.1) is 0 Å². The van der Waals surface area contributed by atoms with Gasteiger partial charge >= 0.3 is 0 Å². The number of hydrogen-bond acceptors (Lipinski definition) is 6. The number of aromatic hydroxyl groups is 1. The second-order valence-electron chi connectivity index (χ2n) is 11.2. The summed E-state index contributed by atoms with van der Waals surface area (Å²) in [5, 5.41) is 37.5. The number of aliphatic hydroxyl groups is 2. The molecule has 7 rings (SSSR count). The number of ether oxygens (including phenoxy) is 1. The Balaban J connectivity index is 1.35. The Bertz CT molecular complexity index is 1350. The molecule has 0 radical (unpaired) electrons. The molecule has 1 amide bonds. The zero-order valence-electron chi connectivity index (χ0n) is 20.1. The summed E-state index contributed by atoms with van der Waals surface area (Å²) in [5.74, 6) is -0.263. The van der Waals surface area contributed by atoms with E-state index in [9.17, 15) is 24.5 Å². The maximum absolute atomic E-state index is 13.6. The van der Waals surface area contributed by atoms with Crippen molar-refractivity contribution in [1.82, 2.24) is 4.90 Å². The van der Waals surface area contributed by atoms with Crippen LogP contribution in [-0.2, 0) is 16.6 Å². The van der Waals surface area contributed by atoms with Crippen molar-refractivity contribution in [3.63, 3.8) is 0 Å². The maximum atomic E-state index is 13.6. The van der Waals surface area contributed by atoms with Crippen molar-refractivity contribution < 1.29 is 29.2 Å². The van der Waals surface area contributed by atoms with Crippen LogP contribution in [0.1, 0.15) is 42.4 Å². The van der Waals surface area contributed by atoms with Crippen molar-refractivity contribution in [2.75, 3.05) is 18.4 Å². The van der Waals surface area contributed by atoms with Gasteiger partial charge in [-0.05, 0) is 80.5 Å². The van der Waals surface area contributed by atoms with E-state index >= 15 is 0 Å². The molecule has 2 fully saturated rings. The number of amides is 1. The normalized spacial score (nSPS) is 32.2. The van der Waals surface area contributed by atoms with E-state index in [0.29, 0.717) is 35.8 Å². The monoisotopic (exact) mass is 492 g/mol. The minimum Gasteiger partial charge on any atom is -0.508 e. The summed E-state index contributed by atoms with van der Waals surface area (Å²) in [6.07, 6.45) is 2.51. The molecule has 1 saturated heterocycles. The molecule has 3 aliphatic carbocycles. The Morgan fingerprint density at radius 3 is 2.81 bits per heavy atom. The van der Waals surface area contributed by atoms with Crippen molar-refractivity contribution in [2.45, 2.75) is 62.2 Å². The predicted octanol–water partition coefficient (Wildman–Crippen LogP) is 3.46. The highest BCUT2D eigenvalue weighted by molar-refractivity contribution is 6.05. The van der Waals surface area contributed by atoms with E-state index < -0.39 is 28.8 Å². The smallest absolute Gasteiger partial charge is 0.255 e. The molecule has 2 heterocycles. The summed E-state index contributed by atoms with van der Waals surface area (Å²) in [6.45, 7) is 3.35. The average molecular weight is 493 g/mol. The Labute approximate surface area is 208 Å². The number of carbonyl (C=O) groups is 1. The number of piperidine rings is 1. The molecule has 8 heteroatoms. The molecule has 2 bridgehead atoms. The van der Waals surface area contributed by atoms with Crippen LogP contribution in [0.2, 0.25) is 0 Å². The standard InChI is InChI=1S/C28H29FN2O5/c1-14-10-17(29)5-6-19(14)30-26(34)18-12-28(35)21-11-16-4-7-20(32)24-22(16)27(28,25(36-24)23(18)33)8-9-31(21)13-15-2-3-15/h4-7,10,15,21,25,32-33,35H,2-3,8-9,11-13H2,1H3,(H,30,34)/t21-,25+,27+,28-/m1/s1. The van der Waals surface area contributed by atoms with Crippen LogP contribution in [0.5, 0.6) is 11.5 Å². The van der Waals surface area contributed by atoms with Crippen LogP contribution in [0.4, 0.5) is 10.1 Å². The first-order valence-electron chi connectivity index (χ1n) is 12.7. The Kier molecular flexibility index (Phi) is 4.44. The van der Waals surface area contributed by atoms with Gasteiger partial charge in [0.1, 0.15) is 11.6 Å². The summed E-state index contributed by atoms with van der Waals surface area (Å²) in [4.78, 5) is 15.9. The summed E-state index contributed by atoms with van der Waals surface area (Å²) < 4.78 is 19.8. The van der Waals surface area contributed by atoms with Gasteiger partial charge in [-0.3, -0.25) is 9.69 Å². The van der Waals surface area contributed by atoms with E-state index in [1.807, 2.05) is 6.07 Å². The van der Waals surface area contributed by atoms with Crippen molar-refractivity contribution >= 4 is 11.6 Å². The summed E-state index contributed by atoms with van der Waals surface area (Å²) >= 11 is 0. The van der Waals surface area contributed by atoms with Crippen LogP contribution in [0.25, 0.3) is 0 Å². The lowest BCUT2D eigenvalue weighted by Gasteiger charge is -2.62. The highest BCUT2D eigenvalue weighted by Gasteiger charge is 2.73. The van der Waals surface area contributed by atoms with Gasteiger partial charge in [0.05, 0.1) is 16.6 Å². The number of hydrogen-bond donors (Lipinski definition) is 4. The third-order valence-electron chi connectivity index (χ3n) is 9.23. The number of carbonyl (C=O) groups excluding carboxylic acids is 1. The fraction of sp³-hybridized carbons (Fsp3) is 0.464. The molecule has 7 nitrogen and oxygen atoms in total. The maximum Gasteiger partial charge on any atom is 0.255 e. The van der Waals surface area contributed by atoms with Gasteiger partial charge in [0.25, 0.3) is 5.91 Å². The Morgan fingerprint density at radius 2 is 2.06 bits per heavy atom. The number of nitrogens with zero attached hydrogens (tertiary/aromatic N) is 1. The molecule has 2 aliphatic heterocycles. The van der Waals surface area contributed by atoms with E-state index in [0.717, 1.165) is 24.2 Å². The predicted molar refractivity (Wildman–Crippen MR) is 130 cm³/mol. The Hall–Kier alpha value is -3.10. The number of nitrogens with one attached hydrogen (secondary N) is 1. The number of rotatable bonds is 4. The SMILES string of the molecule is Cc1cc(F)ccc1NC(=O)C1=C(O)[C@@H]2Oc3c(O)ccc4c3[C@@]23CCN(CC2CC2)[C@H](C4)[C@]3(O)C1. The van der Waals surface area contributed by atoms with Crippen LogP contribution in [0.15, 0.2) is 41.7 Å². The number of phenols is 1. The topological polar surface area (TPSA) is 102 Å². The second-order valence-corrected chi connectivity index (χ2v) is 11.2. The molecule has 0 unspecified atom stereocenters. The molecule has 188 valence electrons. The molecular formula is C28H29FN2O5. The summed E-state index contributed by atoms with van der Waals surface area (Å²) in [5.41, 5.74) is 0.533. The molecule has 1 spiro atoms. The Morgan fingerprint density at radius 1 is 1.25 bits per heavy atom. The zero-order chi connectivity index (χ0) is 25.0. The number of phenolic OH excluding ortho intramolecular Hbond substituents is 1. The van der Waals surface area contributed by atoms with Gasteiger partial charge in [0, 0.05) is 30.3 Å². The largest absolute Gasteiger partial charge is 0.508 e. The molecule has 1 saturated carbocycles. The van der Waals surface area contributed by atoms with Crippen molar-refractivity contribution in [3.05, 3.63) is 64.2 Å². The highest BCUT2D eigenvalue weighted by atomic mass is 19.1. The van der Waals surface area contributed by atoms with Gasteiger partial charge in [-0.1, -0.05) is 6.07 Å². The van der Waals surface area contributed by atoms with Crippen LogP contribution in [-0.4, -0.2) is 57.0 Å². The fourth-order valence-corrected chi connectivity index (χ4v) is 7.33. The third-order valence-corrected chi connectivity index (χ3v) is 9.23. The molecule has 5 aliphatic rings. The first kappa shape index (κ1) is 22.1. The van der Waals surface area contributed by atoms with E-state index in [4.69, 9.17) is 4.74 Å². The van der Waals surface area contributed by atoms with Crippen LogP contribution < -0.4 is 10.1 Å². The van der Waals surface area contributed by atoms with E-state index in [2.05, 4.69) is 10.2 Å². The average Bonchev–Trinajstić information content (AvgIpc) is 3.58. The highest BCUT2D eigenvalue weighted by Crippen LogP contribution is 2.66. The molecule has 4 atom stereocenters. The van der Waals surface area contributed by atoms with E-state index in [-0.39, 0.29) is 29.5 Å². The van der Waals surface area contributed by atoms with Gasteiger partial charge in [0.2, 0.25) is 0 Å². The fourth-order valence-electron chi connectivity index (χ4n) is 7.33. The van der Waals surface area contributed by atoms with Crippen molar-refractivity contribution in [1.29, 1.82) is 0 Å².